The molecule has 2 aliphatic heterocycles. The lowest BCUT2D eigenvalue weighted by Gasteiger charge is -2.39. The van der Waals surface area contributed by atoms with Crippen LogP contribution in [0, 0.1) is 0 Å². The molecule has 5 heteroatoms. The van der Waals surface area contributed by atoms with Crippen molar-refractivity contribution in [2.75, 3.05) is 39.4 Å². The summed E-state index contributed by atoms with van der Waals surface area (Å²) in [4.78, 5) is 22.0. The van der Waals surface area contributed by atoms with Gasteiger partial charge in [0, 0.05) is 55.6 Å². The molecule has 25 heavy (non-hydrogen) atoms. The summed E-state index contributed by atoms with van der Waals surface area (Å²) in [6.45, 7) is 5.36. The number of morpholine rings is 1. The first kappa shape index (κ1) is 16.5. The zero-order valence-electron chi connectivity index (χ0n) is 14.6. The Morgan fingerprint density at radius 3 is 2.92 bits per heavy atom. The molecule has 2 fully saturated rings. The standard InChI is InChI=1S/C20H25N3O2/c24-20(19-6-3-4-16-14-21-8-7-18(16)19)23-9-2-1-5-17(23)15-22-10-12-25-13-11-22/h3-4,6-8,14,17H,1-2,5,9-13,15H2/t17-/m1/s1. The van der Waals surface area contributed by atoms with E-state index in [1.54, 1.807) is 6.20 Å². The minimum absolute atomic E-state index is 0.162. The summed E-state index contributed by atoms with van der Waals surface area (Å²) in [6.07, 6.45) is 6.99. The SMILES string of the molecule is O=C(c1cccc2cnccc12)N1CCCC[C@@H]1CN1CCOCC1. The van der Waals surface area contributed by atoms with Crippen LogP contribution < -0.4 is 0 Å². The van der Waals surface area contributed by atoms with Gasteiger partial charge in [-0.1, -0.05) is 12.1 Å². The van der Waals surface area contributed by atoms with Gasteiger partial charge in [0.15, 0.2) is 0 Å². The van der Waals surface area contributed by atoms with Crippen molar-refractivity contribution in [1.82, 2.24) is 14.8 Å². The minimum Gasteiger partial charge on any atom is -0.379 e. The Kier molecular flexibility index (Phi) is 4.95. The molecule has 0 unspecified atom stereocenters. The average Bonchev–Trinajstić information content (AvgIpc) is 2.68. The number of benzene rings is 1. The third-order valence-electron chi connectivity index (χ3n) is 5.37. The predicted octanol–water partition coefficient (Wildman–Crippen LogP) is 2.56. The van der Waals surface area contributed by atoms with Gasteiger partial charge in [0.2, 0.25) is 0 Å². The third-order valence-corrected chi connectivity index (χ3v) is 5.37. The van der Waals surface area contributed by atoms with Crippen molar-refractivity contribution in [2.24, 2.45) is 0 Å². The maximum absolute atomic E-state index is 13.3. The molecule has 2 saturated heterocycles. The molecule has 0 saturated carbocycles. The fourth-order valence-electron chi connectivity index (χ4n) is 4.00. The van der Waals surface area contributed by atoms with Crippen molar-refractivity contribution in [1.29, 1.82) is 0 Å². The lowest BCUT2D eigenvalue weighted by Crippen LogP contribution is -2.51. The van der Waals surface area contributed by atoms with Gasteiger partial charge in [0.25, 0.3) is 5.91 Å². The number of piperidine rings is 1. The zero-order valence-corrected chi connectivity index (χ0v) is 14.6. The van der Waals surface area contributed by atoms with Gasteiger partial charge in [-0.05, 0) is 36.8 Å². The van der Waals surface area contributed by atoms with E-state index in [1.165, 1.54) is 6.42 Å². The van der Waals surface area contributed by atoms with Crippen LogP contribution in [0.2, 0.25) is 0 Å². The third kappa shape index (κ3) is 3.53. The number of amides is 1. The number of nitrogens with zero attached hydrogens (tertiary/aromatic N) is 3. The average molecular weight is 339 g/mol. The van der Waals surface area contributed by atoms with Gasteiger partial charge in [0.1, 0.15) is 0 Å². The maximum Gasteiger partial charge on any atom is 0.254 e. The summed E-state index contributed by atoms with van der Waals surface area (Å²) < 4.78 is 5.45. The van der Waals surface area contributed by atoms with Crippen LogP contribution in [0.25, 0.3) is 10.8 Å². The van der Waals surface area contributed by atoms with E-state index < -0.39 is 0 Å². The van der Waals surface area contributed by atoms with Gasteiger partial charge in [-0.15, -0.1) is 0 Å². The van der Waals surface area contributed by atoms with Crippen molar-refractivity contribution < 1.29 is 9.53 Å². The lowest BCUT2D eigenvalue weighted by atomic mass is 9.98. The van der Waals surface area contributed by atoms with Crippen LogP contribution in [0.4, 0.5) is 0 Å². The molecule has 0 aliphatic carbocycles. The molecule has 2 aliphatic rings. The molecule has 4 rings (SSSR count). The number of fused-ring (bicyclic) bond motifs is 1. The Morgan fingerprint density at radius 2 is 2.04 bits per heavy atom. The highest BCUT2D eigenvalue weighted by Crippen LogP contribution is 2.24. The molecular weight excluding hydrogens is 314 g/mol. The van der Waals surface area contributed by atoms with Crippen LogP contribution >= 0.6 is 0 Å². The van der Waals surface area contributed by atoms with E-state index in [0.29, 0.717) is 6.04 Å². The van der Waals surface area contributed by atoms with Gasteiger partial charge in [-0.3, -0.25) is 14.7 Å². The molecule has 0 radical (unpaired) electrons. The number of likely N-dealkylation sites (tertiary alicyclic amines) is 1. The summed E-state index contributed by atoms with van der Waals surface area (Å²) in [6, 6.07) is 8.17. The molecule has 3 heterocycles. The number of ether oxygens (including phenoxy) is 1. The van der Waals surface area contributed by atoms with E-state index in [4.69, 9.17) is 4.74 Å². The number of aromatic nitrogens is 1. The summed E-state index contributed by atoms with van der Waals surface area (Å²) in [5.74, 6) is 0.162. The van der Waals surface area contributed by atoms with Gasteiger partial charge < -0.3 is 9.64 Å². The van der Waals surface area contributed by atoms with Crippen LogP contribution in [-0.4, -0.2) is 66.1 Å². The van der Waals surface area contributed by atoms with Crippen molar-refractivity contribution in [3.05, 3.63) is 42.2 Å². The second-order valence-electron chi connectivity index (χ2n) is 6.96. The van der Waals surface area contributed by atoms with Crippen molar-refractivity contribution >= 4 is 16.7 Å². The van der Waals surface area contributed by atoms with Crippen LogP contribution in [0.3, 0.4) is 0 Å². The van der Waals surface area contributed by atoms with E-state index in [1.807, 2.05) is 30.5 Å². The lowest BCUT2D eigenvalue weighted by molar-refractivity contribution is 0.0166. The van der Waals surface area contributed by atoms with Gasteiger partial charge >= 0.3 is 0 Å². The van der Waals surface area contributed by atoms with Crippen molar-refractivity contribution in [2.45, 2.75) is 25.3 Å². The first-order valence-electron chi connectivity index (χ1n) is 9.27. The second-order valence-corrected chi connectivity index (χ2v) is 6.96. The van der Waals surface area contributed by atoms with Gasteiger partial charge in [-0.2, -0.15) is 0 Å². The highest BCUT2D eigenvalue weighted by molar-refractivity contribution is 6.06. The summed E-state index contributed by atoms with van der Waals surface area (Å²) >= 11 is 0. The normalized spacial score (nSPS) is 22.2. The topological polar surface area (TPSA) is 45.7 Å². The Hall–Kier alpha value is -1.98. The first-order valence-corrected chi connectivity index (χ1v) is 9.27. The Balaban J connectivity index is 1.57. The van der Waals surface area contributed by atoms with Gasteiger partial charge in [-0.25, -0.2) is 0 Å². The highest BCUT2D eigenvalue weighted by Gasteiger charge is 2.30. The van der Waals surface area contributed by atoms with Crippen molar-refractivity contribution in [3.8, 4) is 0 Å². The van der Waals surface area contributed by atoms with E-state index >= 15 is 0 Å². The van der Waals surface area contributed by atoms with Crippen LogP contribution in [0.15, 0.2) is 36.7 Å². The molecule has 1 atom stereocenters. The molecule has 2 aromatic rings. The molecule has 1 amide bonds. The maximum atomic E-state index is 13.3. The van der Waals surface area contributed by atoms with Crippen LogP contribution in [0.5, 0.6) is 0 Å². The number of hydrogen-bond acceptors (Lipinski definition) is 4. The summed E-state index contributed by atoms with van der Waals surface area (Å²) in [5, 5.41) is 2.02. The fraction of sp³-hybridized carbons (Fsp3) is 0.500. The molecule has 1 aromatic carbocycles. The van der Waals surface area contributed by atoms with Crippen molar-refractivity contribution in [3.63, 3.8) is 0 Å². The molecule has 1 aromatic heterocycles. The van der Waals surface area contributed by atoms with E-state index in [-0.39, 0.29) is 5.91 Å². The van der Waals surface area contributed by atoms with E-state index in [2.05, 4.69) is 14.8 Å². The van der Waals surface area contributed by atoms with Crippen LogP contribution in [0.1, 0.15) is 29.6 Å². The zero-order chi connectivity index (χ0) is 17.1. The molecule has 0 spiro atoms. The number of carbonyl (C=O) groups excluding carboxylic acids is 1. The monoisotopic (exact) mass is 339 g/mol. The quantitative estimate of drug-likeness (QED) is 0.862. The molecule has 132 valence electrons. The number of pyridine rings is 1. The van der Waals surface area contributed by atoms with Gasteiger partial charge in [0.05, 0.1) is 13.2 Å². The second kappa shape index (κ2) is 7.50. The number of carbonyl (C=O) groups is 1. The predicted molar refractivity (Wildman–Crippen MR) is 97.7 cm³/mol. The molecular formula is C20H25N3O2. The largest absolute Gasteiger partial charge is 0.379 e. The minimum atomic E-state index is 0.162. The molecule has 0 N–H and O–H groups in total. The first-order chi connectivity index (χ1) is 12.3. The Bertz CT molecular complexity index is 737. The Labute approximate surface area is 148 Å². The molecule has 0 bridgehead atoms. The summed E-state index contributed by atoms with van der Waals surface area (Å²) in [5.41, 5.74) is 0.800. The van der Waals surface area contributed by atoms with E-state index in [0.717, 1.165) is 68.6 Å². The number of hydrogen-bond donors (Lipinski definition) is 0. The highest BCUT2D eigenvalue weighted by atomic mass is 16.5. The smallest absolute Gasteiger partial charge is 0.254 e. The molecule has 5 nitrogen and oxygen atoms in total. The summed E-state index contributed by atoms with van der Waals surface area (Å²) in [7, 11) is 0. The van der Waals surface area contributed by atoms with Crippen LogP contribution in [-0.2, 0) is 4.74 Å². The Morgan fingerprint density at radius 1 is 1.16 bits per heavy atom. The number of rotatable bonds is 3. The fourth-order valence-corrected chi connectivity index (χ4v) is 4.00. The van der Waals surface area contributed by atoms with E-state index in [9.17, 15) is 4.79 Å².